The smallest absolute Gasteiger partial charge is 0.328 e. The SMILES string of the molecule is C[C@@H](O)[C@H](NC(=O)N1CCC2CCCCC21)C(=O)O. The van der Waals surface area contributed by atoms with Crippen molar-refractivity contribution in [2.45, 2.75) is 57.2 Å². The second kappa shape index (κ2) is 5.77. The minimum atomic E-state index is -1.24. The molecule has 2 rings (SSSR count). The lowest BCUT2D eigenvalue weighted by Crippen LogP contribution is -2.54. The average molecular weight is 270 g/mol. The van der Waals surface area contributed by atoms with Gasteiger partial charge >= 0.3 is 12.0 Å². The van der Waals surface area contributed by atoms with Crippen molar-refractivity contribution in [3.8, 4) is 0 Å². The minimum Gasteiger partial charge on any atom is -0.480 e. The zero-order valence-electron chi connectivity index (χ0n) is 11.2. The van der Waals surface area contributed by atoms with E-state index in [0.29, 0.717) is 12.5 Å². The number of nitrogens with zero attached hydrogens (tertiary/aromatic N) is 1. The third-order valence-electron chi connectivity index (χ3n) is 4.30. The summed E-state index contributed by atoms with van der Waals surface area (Å²) in [6.45, 7) is 2.06. The highest BCUT2D eigenvalue weighted by molar-refractivity contribution is 5.83. The predicted octanol–water partition coefficient (Wildman–Crippen LogP) is 0.794. The molecule has 1 heterocycles. The van der Waals surface area contributed by atoms with Gasteiger partial charge in [0.2, 0.25) is 0 Å². The van der Waals surface area contributed by atoms with Crippen molar-refractivity contribution in [1.29, 1.82) is 0 Å². The first-order valence-corrected chi connectivity index (χ1v) is 6.98. The van der Waals surface area contributed by atoms with Crippen LogP contribution in [0.15, 0.2) is 0 Å². The van der Waals surface area contributed by atoms with Gasteiger partial charge in [0.05, 0.1) is 6.10 Å². The number of aliphatic carboxylic acids is 1. The van der Waals surface area contributed by atoms with Crippen molar-refractivity contribution >= 4 is 12.0 Å². The van der Waals surface area contributed by atoms with Crippen LogP contribution < -0.4 is 5.32 Å². The third kappa shape index (κ3) is 3.00. The van der Waals surface area contributed by atoms with Crippen LogP contribution in [0.2, 0.25) is 0 Å². The highest BCUT2D eigenvalue weighted by Crippen LogP contribution is 2.36. The maximum atomic E-state index is 12.2. The van der Waals surface area contributed by atoms with Crippen molar-refractivity contribution in [1.82, 2.24) is 10.2 Å². The topological polar surface area (TPSA) is 89.9 Å². The van der Waals surface area contributed by atoms with Crippen molar-refractivity contribution < 1.29 is 19.8 Å². The van der Waals surface area contributed by atoms with Gasteiger partial charge in [0.15, 0.2) is 6.04 Å². The highest BCUT2D eigenvalue weighted by Gasteiger charge is 2.39. The van der Waals surface area contributed by atoms with Crippen LogP contribution >= 0.6 is 0 Å². The first-order chi connectivity index (χ1) is 9.00. The second-order valence-electron chi connectivity index (χ2n) is 5.60. The van der Waals surface area contributed by atoms with E-state index in [0.717, 1.165) is 25.7 Å². The second-order valence-corrected chi connectivity index (χ2v) is 5.60. The van der Waals surface area contributed by atoms with Crippen molar-refractivity contribution in [3.63, 3.8) is 0 Å². The normalized spacial score (nSPS) is 29.5. The average Bonchev–Trinajstić information content (AvgIpc) is 2.78. The molecule has 4 atom stereocenters. The summed E-state index contributed by atoms with van der Waals surface area (Å²) in [6, 6.07) is -1.35. The summed E-state index contributed by atoms with van der Waals surface area (Å²) in [5, 5.41) is 20.8. The van der Waals surface area contributed by atoms with E-state index in [-0.39, 0.29) is 12.1 Å². The summed E-state index contributed by atoms with van der Waals surface area (Å²) in [4.78, 5) is 24.9. The van der Waals surface area contributed by atoms with Gasteiger partial charge in [-0.3, -0.25) is 0 Å². The number of nitrogens with one attached hydrogen (secondary N) is 1. The molecule has 6 nitrogen and oxygen atoms in total. The first kappa shape index (κ1) is 14.1. The van der Waals surface area contributed by atoms with Crippen LogP contribution in [0.1, 0.15) is 39.0 Å². The molecule has 0 radical (unpaired) electrons. The van der Waals surface area contributed by atoms with Crippen LogP contribution in [0.25, 0.3) is 0 Å². The molecule has 2 aliphatic rings. The molecule has 1 saturated heterocycles. The third-order valence-corrected chi connectivity index (χ3v) is 4.30. The molecule has 3 N–H and O–H groups in total. The molecule has 1 aliphatic heterocycles. The molecule has 1 aliphatic carbocycles. The molecule has 2 fully saturated rings. The van der Waals surface area contributed by atoms with E-state index < -0.39 is 18.1 Å². The van der Waals surface area contributed by atoms with E-state index in [1.54, 1.807) is 4.90 Å². The number of aliphatic hydroxyl groups excluding tert-OH is 1. The molecule has 19 heavy (non-hydrogen) atoms. The fraction of sp³-hybridized carbons (Fsp3) is 0.846. The number of fused-ring (bicyclic) bond motifs is 1. The van der Waals surface area contributed by atoms with Gasteiger partial charge in [0.1, 0.15) is 0 Å². The van der Waals surface area contributed by atoms with Crippen molar-refractivity contribution in [2.75, 3.05) is 6.54 Å². The van der Waals surface area contributed by atoms with E-state index in [2.05, 4.69) is 5.32 Å². The zero-order chi connectivity index (χ0) is 14.0. The summed E-state index contributed by atoms with van der Waals surface area (Å²) in [6.07, 6.45) is 4.42. The zero-order valence-corrected chi connectivity index (χ0v) is 11.2. The predicted molar refractivity (Wildman–Crippen MR) is 68.7 cm³/mol. The molecule has 1 saturated carbocycles. The van der Waals surface area contributed by atoms with Crippen LogP contribution in [-0.2, 0) is 4.79 Å². The number of carbonyl (C=O) groups excluding carboxylic acids is 1. The summed E-state index contributed by atoms with van der Waals surface area (Å²) >= 11 is 0. The number of urea groups is 1. The summed E-state index contributed by atoms with van der Waals surface area (Å²) in [5.41, 5.74) is 0. The lowest BCUT2D eigenvalue weighted by Gasteiger charge is -2.32. The van der Waals surface area contributed by atoms with E-state index in [9.17, 15) is 14.7 Å². The molecule has 0 aromatic heterocycles. The van der Waals surface area contributed by atoms with Gasteiger partial charge in [-0.25, -0.2) is 9.59 Å². The molecule has 0 spiro atoms. The number of carboxylic acids is 1. The van der Waals surface area contributed by atoms with Gasteiger partial charge in [0.25, 0.3) is 0 Å². The Morgan fingerprint density at radius 3 is 2.58 bits per heavy atom. The number of hydrogen-bond acceptors (Lipinski definition) is 3. The number of hydrogen-bond donors (Lipinski definition) is 3. The molecule has 0 bridgehead atoms. The van der Waals surface area contributed by atoms with Gasteiger partial charge in [-0.2, -0.15) is 0 Å². The number of likely N-dealkylation sites (tertiary alicyclic amines) is 1. The molecular weight excluding hydrogens is 248 g/mol. The Morgan fingerprint density at radius 2 is 1.95 bits per heavy atom. The van der Waals surface area contributed by atoms with Crippen LogP contribution in [0.5, 0.6) is 0 Å². The lowest BCUT2D eigenvalue weighted by molar-refractivity contribution is -0.141. The molecule has 0 aromatic rings. The molecular formula is C13H22N2O4. The Kier molecular flexibility index (Phi) is 4.29. The Labute approximate surface area is 112 Å². The van der Waals surface area contributed by atoms with Gasteiger partial charge in [-0.15, -0.1) is 0 Å². The lowest BCUT2D eigenvalue weighted by atomic mass is 9.85. The number of amides is 2. The fourth-order valence-electron chi connectivity index (χ4n) is 3.26. The minimum absolute atomic E-state index is 0.247. The van der Waals surface area contributed by atoms with Gasteiger partial charge < -0.3 is 20.4 Å². The van der Waals surface area contributed by atoms with E-state index in [4.69, 9.17) is 5.11 Å². The highest BCUT2D eigenvalue weighted by atomic mass is 16.4. The van der Waals surface area contributed by atoms with Crippen molar-refractivity contribution in [2.24, 2.45) is 5.92 Å². The molecule has 2 amide bonds. The van der Waals surface area contributed by atoms with Crippen LogP contribution in [0, 0.1) is 5.92 Å². The summed E-state index contributed by atoms with van der Waals surface area (Å²) in [5.74, 6) is -0.642. The van der Waals surface area contributed by atoms with Gasteiger partial charge in [-0.05, 0) is 32.1 Å². The molecule has 108 valence electrons. The largest absolute Gasteiger partial charge is 0.480 e. The van der Waals surface area contributed by atoms with E-state index >= 15 is 0 Å². The molecule has 6 heteroatoms. The Hall–Kier alpha value is -1.30. The number of rotatable bonds is 3. The molecule has 2 unspecified atom stereocenters. The van der Waals surface area contributed by atoms with Crippen LogP contribution in [0.4, 0.5) is 4.79 Å². The summed E-state index contributed by atoms with van der Waals surface area (Å²) in [7, 11) is 0. The Bertz CT molecular complexity index is 359. The number of carboxylic acid groups (broad SMARTS) is 1. The Morgan fingerprint density at radius 1 is 1.26 bits per heavy atom. The monoisotopic (exact) mass is 270 g/mol. The standard InChI is InChI=1S/C13H22N2O4/c1-8(16)11(12(17)18)14-13(19)15-7-6-9-4-2-3-5-10(9)15/h8-11,16H,2-7H2,1H3,(H,14,19)(H,17,18)/t8-,9?,10?,11+/m1/s1. The van der Waals surface area contributed by atoms with E-state index in [1.807, 2.05) is 0 Å². The first-order valence-electron chi connectivity index (χ1n) is 6.98. The maximum absolute atomic E-state index is 12.2. The van der Waals surface area contributed by atoms with Gasteiger partial charge in [-0.1, -0.05) is 12.8 Å². The van der Waals surface area contributed by atoms with E-state index in [1.165, 1.54) is 13.3 Å². The Balaban J connectivity index is 1.98. The maximum Gasteiger partial charge on any atom is 0.328 e. The van der Waals surface area contributed by atoms with Crippen LogP contribution in [0.3, 0.4) is 0 Å². The van der Waals surface area contributed by atoms with Gasteiger partial charge in [0, 0.05) is 12.6 Å². The molecule has 0 aromatic carbocycles. The van der Waals surface area contributed by atoms with Crippen LogP contribution in [-0.4, -0.2) is 51.8 Å². The number of aliphatic hydroxyl groups is 1. The number of carbonyl (C=O) groups is 2. The van der Waals surface area contributed by atoms with Crippen molar-refractivity contribution in [3.05, 3.63) is 0 Å². The fourth-order valence-corrected chi connectivity index (χ4v) is 3.26. The quantitative estimate of drug-likeness (QED) is 0.707. The summed E-state index contributed by atoms with van der Waals surface area (Å²) < 4.78 is 0.